The molecule has 19 heavy (non-hydrogen) atoms. The molecule has 0 heterocycles. The minimum absolute atomic E-state index is 0.155. The molecule has 0 aromatic heterocycles. The fourth-order valence-corrected chi connectivity index (χ4v) is 2.01. The summed E-state index contributed by atoms with van der Waals surface area (Å²) >= 11 is 0. The zero-order chi connectivity index (χ0) is 14.3. The Morgan fingerprint density at radius 1 is 1.21 bits per heavy atom. The van der Waals surface area contributed by atoms with E-state index in [-0.39, 0.29) is 10.6 Å². The lowest BCUT2D eigenvalue weighted by molar-refractivity contribution is -0.384. The molecule has 0 bridgehead atoms. The molecule has 1 aromatic carbocycles. The molecule has 106 valence electrons. The lowest BCUT2D eigenvalue weighted by Gasteiger charge is -2.25. The van der Waals surface area contributed by atoms with Gasteiger partial charge in [-0.1, -0.05) is 27.2 Å². The largest absolute Gasteiger partial charge is 0.372 e. The molecule has 1 unspecified atom stereocenters. The standard InChI is InChI=1S/C15H24N2O2/c1-4-11-16(12-10-13(3)5-2)14-6-8-15(9-7-14)17(18)19/h6-9,13H,4-5,10-12H2,1-3H3. The molecular weight excluding hydrogens is 240 g/mol. The summed E-state index contributed by atoms with van der Waals surface area (Å²) in [7, 11) is 0. The van der Waals surface area contributed by atoms with Crippen molar-refractivity contribution >= 4 is 11.4 Å². The van der Waals surface area contributed by atoms with Gasteiger partial charge in [-0.15, -0.1) is 0 Å². The number of anilines is 1. The normalized spacial score (nSPS) is 12.2. The SMILES string of the molecule is CCCN(CCC(C)CC)c1ccc([N+](=O)[O-])cc1. The predicted molar refractivity (Wildman–Crippen MR) is 79.7 cm³/mol. The van der Waals surface area contributed by atoms with Gasteiger partial charge in [0.25, 0.3) is 5.69 Å². The van der Waals surface area contributed by atoms with E-state index in [1.54, 1.807) is 12.1 Å². The van der Waals surface area contributed by atoms with Crippen molar-refractivity contribution < 1.29 is 4.92 Å². The molecule has 0 N–H and O–H groups in total. The summed E-state index contributed by atoms with van der Waals surface area (Å²) in [6.45, 7) is 8.64. The van der Waals surface area contributed by atoms with Crippen LogP contribution < -0.4 is 4.90 Å². The Hall–Kier alpha value is -1.58. The molecule has 0 radical (unpaired) electrons. The van der Waals surface area contributed by atoms with Crippen LogP contribution in [0.5, 0.6) is 0 Å². The highest BCUT2D eigenvalue weighted by Crippen LogP contribution is 2.21. The van der Waals surface area contributed by atoms with E-state index in [0.717, 1.165) is 37.5 Å². The Labute approximate surface area is 115 Å². The van der Waals surface area contributed by atoms with E-state index in [2.05, 4.69) is 25.7 Å². The number of nitro groups is 1. The Morgan fingerprint density at radius 2 is 1.84 bits per heavy atom. The molecule has 1 aromatic rings. The van der Waals surface area contributed by atoms with Crippen molar-refractivity contribution in [1.29, 1.82) is 0 Å². The van der Waals surface area contributed by atoms with Gasteiger partial charge in [0.1, 0.15) is 0 Å². The minimum Gasteiger partial charge on any atom is -0.372 e. The zero-order valence-electron chi connectivity index (χ0n) is 12.1. The number of non-ortho nitro benzene ring substituents is 1. The van der Waals surface area contributed by atoms with E-state index < -0.39 is 0 Å². The van der Waals surface area contributed by atoms with Gasteiger partial charge in [0.05, 0.1) is 4.92 Å². The summed E-state index contributed by atoms with van der Waals surface area (Å²) in [5, 5.41) is 10.7. The van der Waals surface area contributed by atoms with E-state index in [0.29, 0.717) is 0 Å². The van der Waals surface area contributed by atoms with Crippen molar-refractivity contribution in [3.8, 4) is 0 Å². The molecule has 0 fully saturated rings. The molecule has 0 saturated carbocycles. The van der Waals surface area contributed by atoms with Crippen LogP contribution in [0.4, 0.5) is 11.4 Å². The van der Waals surface area contributed by atoms with E-state index >= 15 is 0 Å². The molecule has 0 saturated heterocycles. The quantitative estimate of drug-likeness (QED) is 0.521. The molecule has 0 spiro atoms. The van der Waals surface area contributed by atoms with Crippen molar-refractivity contribution in [1.82, 2.24) is 0 Å². The summed E-state index contributed by atoms with van der Waals surface area (Å²) in [6, 6.07) is 6.87. The first-order valence-electron chi connectivity index (χ1n) is 7.07. The molecule has 0 amide bonds. The van der Waals surface area contributed by atoms with Gasteiger partial charge in [0.2, 0.25) is 0 Å². The van der Waals surface area contributed by atoms with Crippen LogP contribution >= 0.6 is 0 Å². The van der Waals surface area contributed by atoms with Crippen molar-refractivity contribution in [2.75, 3.05) is 18.0 Å². The van der Waals surface area contributed by atoms with Gasteiger partial charge >= 0.3 is 0 Å². The fraction of sp³-hybridized carbons (Fsp3) is 0.600. The van der Waals surface area contributed by atoms with Crippen LogP contribution in [0, 0.1) is 16.0 Å². The lowest BCUT2D eigenvalue weighted by Crippen LogP contribution is -2.26. The molecule has 0 aliphatic rings. The van der Waals surface area contributed by atoms with Gasteiger partial charge in [-0.25, -0.2) is 0 Å². The average Bonchev–Trinajstić information content (AvgIpc) is 2.43. The van der Waals surface area contributed by atoms with Gasteiger partial charge in [-0.05, 0) is 30.9 Å². The van der Waals surface area contributed by atoms with Crippen LogP contribution in [0.25, 0.3) is 0 Å². The average molecular weight is 264 g/mol. The fourth-order valence-electron chi connectivity index (χ4n) is 2.01. The Kier molecular flexibility index (Phi) is 6.33. The summed E-state index contributed by atoms with van der Waals surface area (Å²) in [5.41, 5.74) is 1.23. The number of rotatable bonds is 8. The maximum absolute atomic E-state index is 10.7. The molecular formula is C15H24N2O2. The van der Waals surface area contributed by atoms with Gasteiger partial charge < -0.3 is 4.90 Å². The maximum Gasteiger partial charge on any atom is 0.269 e. The Balaban J connectivity index is 2.71. The number of nitro benzene ring substituents is 1. The first kappa shape index (κ1) is 15.5. The van der Waals surface area contributed by atoms with Gasteiger partial charge in [-0.2, -0.15) is 0 Å². The number of hydrogen-bond donors (Lipinski definition) is 0. The van der Waals surface area contributed by atoms with Crippen molar-refractivity contribution in [3.05, 3.63) is 34.4 Å². The van der Waals surface area contributed by atoms with Crippen LogP contribution in [-0.4, -0.2) is 18.0 Å². The maximum atomic E-state index is 10.7. The summed E-state index contributed by atoms with van der Waals surface area (Å²) in [6.07, 6.45) is 3.44. The van der Waals surface area contributed by atoms with E-state index in [4.69, 9.17) is 0 Å². The van der Waals surface area contributed by atoms with Crippen LogP contribution in [0.1, 0.15) is 40.0 Å². The molecule has 4 nitrogen and oxygen atoms in total. The third kappa shape index (κ3) is 4.89. The summed E-state index contributed by atoms with van der Waals surface area (Å²) < 4.78 is 0. The molecule has 0 aliphatic heterocycles. The Morgan fingerprint density at radius 3 is 2.32 bits per heavy atom. The van der Waals surface area contributed by atoms with Gasteiger partial charge in [0.15, 0.2) is 0 Å². The zero-order valence-corrected chi connectivity index (χ0v) is 12.1. The second kappa shape index (κ2) is 7.77. The first-order chi connectivity index (χ1) is 9.08. The van der Waals surface area contributed by atoms with Crippen LogP contribution in [-0.2, 0) is 0 Å². The number of hydrogen-bond acceptors (Lipinski definition) is 3. The van der Waals surface area contributed by atoms with Crippen LogP contribution in [0.15, 0.2) is 24.3 Å². The number of benzene rings is 1. The third-order valence-electron chi connectivity index (χ3n) is 3.51. The topological polar surface area (TPSA) is 46.4 Å². The van der Waals surface area contributed by atoms with Gasteiger partial charge in [-0.3, -0.25) is 10.1 Å². The van der Waals surface area contributed by atoms with Crippen molar-refractivity contribution in [2.45, 2.75) is 40.0 Å². The molecule has 1 atom stereocenters. The molecule has 0 aliphatic carbocycles. The van der Waals surface area contributed by atoms with Crippen molar-refractivity contribution in [3.63, 3.8) is 0 Å². The first-order valence-corrected chi connectivity index (χ1v) is 7.07. The van der Waals surface area contributed by atoms with Gasteiger partial charge in [0, 0.05) is 30.9 Å². The molecule has 4 heteroatoms. The third-order valence-corrected chi connectivity index (χ3v) is 3.51. The van der Waals surface area contributed by atoms with E-state index in [9.17, 15) is 10.1 Å². The number of nitrogens with zero attached hydrogens (tertiary/aromatic N) is 2. The smallest absolute Gasteiger partial charge is 0.269 e. The van der Waals surface area contributed by atoms with Crippen LogP contribution in [0.3, 0.4) is 0 Å². The van der Waals surface area contributed by atoms with E-state index in [1.807, 2.05) is 12.1 Å². The minimum atomic E-state index is -0.354. The highest BCUT2D eigenvalue weighted by atomic mass is 16.6. The molecule has 1 rings (SSSR count). The Bertz CT molecular complexity index is 390. The second-order valence-electron chi connectivity index (χ2n) is 5.06. The summed E-state index contributed by atoms with van der Waals surface area (Å²) in [4.78, 5) is 12.6. The highest BCUT2D eigenvalue weighted by Gasteiger charge is 2.10. The monoisotopic (exact) mass is 264 g/mol. The van der Waals surface area contributed by atoms with E-state index in [1.165, 1.54) is 6.42 Å². The highest BCUT2D eigenvalue weighted by molar-refractivity contribution is 5.50. The summed E-state index contributed by atoms with van der Waals surface area (Å²) in [5.74, 6) is 0.720. The lowest BCUT2D eigenvalue weighted by atomic mass is 10.0. The second-order valence-corrected chi connectivity index (χ2v) is 5.06. The predicted octanol–water partition coefficient (Wildman–Crippen LogP) is 4.25. The van der Waals surface area contributed by atoms with Crippen LogP contribution in [0.2, 0.25) is 0 Å². The van der Waals surface area contributed by atoms with Crippen molar-refractivity contribution in [2.24, 2.45) is 5.92 Å².